The third kappa shape index (κ3) is 4.72. The first-order chi connectivity index (χ1) is 12.0. The van der Waals surface area contributed by atoms with Gasteiger partial charge >= 0.3 is 0 Å². The van der Waals surface area contributed by atoms with Gasteiger partial charge in [0.25, 0.3) is 10.1 Å². The van der Waals surface area contributed by atoms with E-state index in [1.165, 1.54) is 18.2 Å². The second-order valence-corrected chi connectivity index (χ2v) is 6.63. The summed E-state index contributed by atoms with van der Waals surface area (Å²) in [6, 6.07) is 22.7. The number of hydrogen-bond donors (Lipinski definition) is 2. The number of anilines is 2. The Labute approximate surface area is 145 Å². The highest BCUT2D eigenvalue weighted by Crippen LogP contribution is 2.23. The largest absolute Gasteiger partial charge is 0.356 e. The molecule has 7 heteroatoms. The van der Waals surface area contributed by atoms with Gasteiger partial charge in [0.2, 0.25) is 0 Å². The summed E-state index contributed by atoms with van der Waals surface area (Å²) in [5.74, 6) is 0. The number of rotatable bonds is 5. The van der Waals surface area contributed by atoms with Gasteiger partial charge in [-0.1, -0.05) is 24.3 Å². The van der Waals surface area contributed by atoms with Gasteiger partial charge in [-0.05, 0) is 54.6 Å². The number of benzene rings is 3. The molecule has 0 saturated carbocycles. The van der Waals surface area contributed by atoms with Crippen LogP contribution in [0.2, 0.25) is 0 Å². The van der Waals surface area contributed by atoms with Gasteiger partial charge in [-0.15, -0.1) is 0 Å². The number of para-hydroxylation sites is 1. The minimum Gasteiger partial charge on any atom is -0.356 e. The molecule has 0 aromatic heterocycles. The Kier molecular flexibility index (Phi) is 4.87. The topological polar surface area (TPSA) is 91.1 Å². The first kappa shape index (κ1) is 16.8. The second kappa shape index (κ2) is 7.25. The molecule has 126 valence electrons. The van der Waals surface area contributed by atoms with Crippen LogP contribution in [0.25, 0.3) is 0 Å². The van der Waals surface area contributed by atoms with Crippen LogP contribution in [0.5, 0.6) is 0 Å². The van der Waals surface area contributed by atoms with Crippen LogP contribution in [0.3, 0.4) is 0 Å². The highest BCUT2D eigenvalue weighted by molar-refractivity contribution is 7.85. The monoisotopic (exact) mass is 353 g/mol. The SMILES string of the molecule is O=S(=O)(O)c1cccc(N=Nc2ccc(Nc3ccccc3)cc2)c1. The molecule has 0 aliphatic heterocycles. The summed E-state index contributed by atoms with van der Waals surface area (Å²) in [5, 5.41) is 11.3. The van der Waals surface area contributed by atoms with Gasteiger partial charge in [0.1, 0.15) is 0 Å². The Morgan fingerprint density at radius 1 is 0.720 bits per heavy atom. The highest BCUT2D eigenvalue weighted by atomic mass is 32.2. The number of hydrogen-bond acceptors (Lipinski definition) is 5. The maximum Gasteiger partial charge on any atom is 0.294 e. The van der Waals surface area contributed by atoms with Crippen LogP contribution in [0.15, 0.2) is 94.0 Å². The molecule has 2 N–H and O–H groups in total. The Hall–Kier alpha value is -3.03. The Morgan fingerprint density at radius 3 is 2.04 bits per heavy atom. The third-order valence-electron chi connectivity index (χ3n) is 3.33. The van der Waals surface area contributed by atoms with Crippen molar-refractivity contribution in [3.05, 3.63) is 78.9 Å². The molecular formula is C18H15N3O3S. The molecule has 6 nitrogen and oxygen atoms in total. The molecule has 0 bridgehead atoms. The average Bonchev–Trinajstić information content (AvgIpc) is 2.62. The average molecular weight is 353 g/mol. The predicted molar refractivity (Wildman–Crippen MR) is 96.6 cm³/mol. The fourth-order valence-corrected chi connectivity index (χ4v) is 2.64. The van der Waals surface area contributed by atoms with Crippen molar-refractivity contribution in [2.24, 2.45) is 10.2 Å². The summed E-state index contributed by atoms with van der Waals surface area (Å²) >= 11 is 0. The Balaban J connectivity index is 1.72. The molecule has 0 heterocycles. The van der Waals surface area contributed by atoms with Crippen LogP contribution in [0, 0.1) is 0 Å². The molecule has 0 amide bonds. The number of nitrogens with one attached hydrogen (secondary N) is 1. The lowest BCUT2D eigenvalue weighted by Gasteiger charge is -2.05. The zero-order valence-corrected chi connectivity index (χ0v) is 13.9. The molecule has 0 aliphatic carbocycles. The quantitative estimate of drug-likeness (QED) is 0.493. The lowest BCUT2D eigenvalue weighted by molar-refractivity contribution is 0.483. The molecule has 3 aromatic rings. The van der Waals surface area contributed by atoms with Crippen LogP contribution in [-0.2, 0) is 10.1 Å². The molecule has 0 spiro atoms. The van der Waals surface area contributed by atoms with E-state index in [-0.39, 0.29) is 4.90 Å². The second-order valence-electron chi connectivity index (χ2n) is 5.21. The van der Waals surface area contributed by atoms with E-state index < -0.39 is 10.1 Å². The minimum atomic E-state index is -4.25. The molecule has 3 aromatic carbocycles. The smallest absolute Gasteiger partial charge is 0.294 e. The molecule has 0 atom stereocenters. The van der Waals surface area contributed by atoms with E-state index in [0.29, 0.717) is 11.4 Å². The lowest BCUT2D eigenvalue weighted by atomic mass is 10.2. The van der Waals surface area contributed by atoms with Crippen molar-refractivity contribution in [2.45, 2.75) is 4.90 Å². The number of nitrogens with zero attached hydrogens (tertiary/aromatic N) is 2. The van der Waals surface area contributed by atoms with Gasteiger partial charge in [-0.25, -0.2) is 0 Å². The van der Waals surface area contributed by atoms with Gasteiger partial charge in [-0.3, -0.25) is 4.55 Å². The third-order valence-corrected chi connectivity index (χ3v) is 4.18. The first-order valence-electron chi connectivity index (χ1n) is 7.42. The van der Waals surface area contributed by atoms with Crippen LogP contribution < -0.4 is 5.32 Å². The molecule has 25 heavy (non-hydrogen) atoms. The van der Waals surface area contributed by atoms with Gasteiger partial charge in [0.15, 0.2) is 0 Å². The summed E-state index contributed by atoms with van der Waals surface area (Å²) < 4.78 is 31.3. The molecule has 0 unspecified atom stereocenters. The standard InChI is InChI=1S/C18H15N3O3S/c22-25(23,24)18-8-4-7-17(13-18)21-20-16-11-9-15(10-12-16)19-14-5-2-1-3-6-14/h1-13,19H,(H,22,23,24). The molecule has 0 fully saturated rings. The van der Waals surface area contributed by atoms with Crippen molar-refractivity contribution in [1.82, 2.24) is 0 Å². The maximum atomic E-state index is 11.1. The van der Waals surface area contributed by atoms with Gasteiger partial charge in [0.05, 0.1) is 16.3 Å². The predicted octanol–water partition coefficient (Wildman–Crippen LogP) is 5.09. The molecule has 3 rings (SSSR count). The fourth-order valence-electron chi connectivity index (χ4n) is 2.12. The highest BCUT2D eigenvalue weighted by Gasteiger charge is 2.09. The molecular weight excluding hydrogens is 338 g/mol. The van der Waals surface area contributed by atoms with Crippen LogP contribution in [0.1, 0.15) is 0 Å². The van der Waals surface area contributed by atoms with E-state index in [1.54, 1.807) is 18.2 Å². The Morgan fingerprint density at radius 2 is 1.36 bits per heavy atom. The van der Waals surface area contributed by atoms with Gasteiger partial charge in [-0.2, -0.15) is 18.6 Å². The zero-order chi connectivity index (χ0) is 17.7. The Bertz CT molecular complexity index is 986. The van der Waals surface area contributed by atoms with Gasteiger partial charge in [0, 0.05) is 11.4 Å². The fraction of sp³-hybridized carbons (Fsp3) is 0. The van der Waals surface area contributed by atoms with E-state index in [1.807, 2.05) is 42.5 Å². The zero-order valence-electron chi connectivity index (χ0n) is 13.1. The summed E-state index contributed by atoms with van der Waals surface area (Å²) in [6.45, 7) is 0. The maximum absolute atomic E-state index is 11.1. The molecule has 0 aliphatic rings. The van der Waals surface area contributed by atoms with Gasteiger partial charge < -0.3 is 5.32 Å². The normalized spacial score (nSPS) is 11.6. The van der Waals surface area contributed by atoms with Crippen LogP contribution >= 0.6 is 0 Å². The summed E-state index contributed by atoms with van der Waals surface area (Å²) in [4.78, 5) is -0.216. The van der Waals surface area contributed by atoms with E-state index >= 15 is 0 Å². The molecule has 0 saturated heterocycles. The first-order valence-corrected chi connectivity index (χ1v) is 8.86. The van der Waals surface area contributed by atoms with E-state index in [0.717, 1.165) is 11.4 Å². The summed E-state index contributed by atoms with van der Waals surface area (Å²) in [6.07, 6.45) is 0. The lowest BCUT2D eigenvalue weighted by Crippen LogP contribution is -1.96. The van der Waals surface area contributed by atoms with E-state index in [2.05, 4.69) is 15.5 Å². The number of azo groups is 1. The van der Waals surface area contributed by atoms with Crippen LogP contribution in [0.4, 0.5) is 22.7 Å². The van der Waals surface area contributed by atoms with Crippen molar-refractivity contribution in [3.63, 3.8) is 0 Å². The van der Waals surface area contributed by atoms with Crippen molar-refractivity contribution in [3.8, 4) is 0 Å². The van der Waals surface area contributed by atoms with Crippen molar-refractivity contribution in [1.29, 1.82) is 0 Å². The van der Waals surface area contributed by atoms with E-state index in [4.69, 9.17) is 4.55 Å². The van der Waals surface area contributed by atoms with E-state index in [9.17, 15) is 8.42 Å². The van der Waals surface area contributed by atoms with Crippen molar-refractivity contribution in [2.75, 3.05) is 5.32 Å². The summed E-state index contributed by atoms with van der Waals surface area (Å²) in [7, 11) is -4.25. The minimum absolute atomic E-state index is 0.216. The van der Waals surface area contributed by atoms with Crippen molar-refractivity contribution >= 4 is 32.9 Å². The van der Waals surface area contributed by atoms with Crippen molar-refractivity contribution < 1.29 is 13.0 Å². The molecule has 0 radical (unpaired) electrons. The summed E-state index contributed by atoms with van der Waals surface area (Å²) in [5.41, 5.74) is 2.86. The van der Waals surface area contributed by atoms with Crippen LogP contribution in [-0.4, -0.2) is 13.0 Å².